The standard InChI is InChI=1S/C14H19NO4/c1-9-4-5-12(13(6-9)17-2)19-10-7-11(15-8-10)14(16)18-3/h4-6,10-11,15H,7-8H2,1-3H3/t10-,11-/m0/s1. The third-order valence-electron chi connectivity index (χ3n) is 3.19. The monoisotopic (exact) mass is 265 g/mol. The number of benzene rings is 1. The van der Waals surface area contributed by atoms with Gasteiger partial charge in [-0.3, -0.25) is 4.79 Å². The number of aryl methyl sites for hydroxylation is 1. The van der Waals surface area contributed by atoms with Crippen molar-refractivity contribution in [1.29, 1.82) is 0 Å². The molecule has 0 aliphatic carbocycles. The van der Waals surface area contributed by atoms with Crippen LogP contribution in [-0.2, 0) is 9.53 Å². The van der Waals surface area contributed by atoms with Gasteiger partial charge in [0.15, 0.2) is 11.5 Å². The van der Waals surface area contributed by atoms with Gasteiger partial charge in [-0.15, -0.1) is 0 Å². The number of methoxy groups -OCH3 is 2. The molecule has 2 rings (SSSR count). The Morgan fingerprint density at radius 2 is 2.11 bits per heavy atom. The van der Waals surface area contributed by atoms with Gasteiger partial charge in [-0.2, -0.15) is 0 Å². The molecule has 1 fully saturated rings. The molecular weight excluding hydrogens is 246 g/mol. The van der Waals surface area contributed by atoms with Crippen LogP contribution in [0.25, 0.3) is 0 Å². The molecule has 1 aromatic rings. The summed E-state index contributed by atoms with van der Waals surface area (Å²) in [6.07, 6.45) is 0.546. The van der Waals surface area contributed by atoms with Crippen LogP contribution in [0, 0.1) is 6.92 Å². The lowest BCUT2D eigenvalue weighted by molar-refractivity contribution is -0.142. The number of nitrogens with one attached hydrogen (secondary N) is 1. The van der Waals surface area contributed by atoms with Gasteiger partial charge < -0.3 is 19.5 Å². The van der Waals surface area contributed by atoms with Gasteiger partial charge in [-0.25, -0.2) is 0 Å². The van der Waals surface area contributed by atoms with Crippen LogP contribution in [0.2, 0.25) is 0 Å². The first-order valence-corrected chi connectivity index (χ1v) is 6.26. The van der Waals surface area contributed by atoms with Gasteiger partial charge in [-0.1, -0.05) is 6.07 Å². The average Bonchev–Trinajstić information content (AvgIpc) is 2.88. The molecule has 0 aromatic heterocycles. The van der Waals surface area contributed by atoms with E-state index in [0.29, 0.717) is 24.5 Å². The smallest absolute Gasteiger partial charge is 0.323 e. The molecule has 0 radical (unpaired) electrons. The molecule has 1 aromatic carbocycles. The lowest BCUT2D eigenvalue weighted by Crippen LogP contribution is -2.31. The molecule has 0 spiro atoms. The van der Waals surface area contributed by atoms with E-state index in [-0.39, 0.29) is 18.1 Å². The molecule has 1 aliphatic heterocycles. The van der Waals surface area contributed by atoms with E-state index in [1.54, 1.807) is 7.11 Å². The van der Waals surface area contributed by atoms with Crippen molar-refractivity contribution >= 4 is 5.97 Å². The molecule has 1 aliphatic rings. The highest BCUT2D eigenvalue weighted by Gasteiger charge is 2.31. The number of esters is 1. The summed E-state index contributed by atoms with van der Waals surface area (Å²) in [5.41, 5.74) is 1.11. The zero-order valence-electron chi connectivity index (χ0n) is 11.4. The van der Waals surface area contributed by atoms with Gasteiger partial charge in [-0.05, 0) is 24.6 Å². The van der Waals surface area contributed by atoms with E-state index in [2.05, 4.69) is 5.32 Å². The summed E-state index contributed by atoms with van der Waals surface area (Å²) < 4.78 is 15.9. The maximum atomic E-state index is 11.4. The minimum atomic E-state index is -0.286. The van der Waals surface area contributed by atoms with Crippen molar-refractivity contribution in [3.05, 3.63) is 23.8 Å². The Kier molecular flexibility index (Phi) is 4.27. The van der Waals surface area contributed by atoms with Gasteiger partial charge in [0.05, 0.1) is 14.2 Å². The summed E-state index contributed by atoms with van der Waals surface area (Å²) in [5, 5.41) is 3.09. The van der Waals surface area contributed by atoms with Gasteiger partial charge in [0.2, 0.25) is 0 Å². The summed E-state index contributed by atoms with van der Waals surface area (Å²) in [5.74, 6) is 1.16. The lowest BCUT2D eigenvalue weighted by atomic mass is 10.2. The molecule has 19 heavy (non-hydrogen) atoms. The molecule has 0 amide bonds. The zero-order valence-corrected chi connectivity index (χ0v) is 11.4. The largest absolute Gasteiger partial charge is 0.493 e. The number of carbonyl (C=O) groups is 1. The van der Waals surface area contributed by atoms with Crippen molar-refractivity contribution in [1.82, 2.24) is 5.32 Å². The number of ether oxygens (including phenoxy) is 3. The van der Waals surface area contributed by atoms with E-state index in [1.807, 2.05) is 25.1 Å². The first kappa shape index (κ1) is 13.7. The highest BCUT2D eigenvalue weighted by molar-refractivity contribution is 5.76. The first-order valence-electron chi connectivity index (χ1n) is 6.26. The highest BCUT2D eigenvalue weighted by Crippen LogP contribution is 2.30. The fourth-order valence-corrected chi connectivity index (χ4v) is 2.17. The van der Waals surface area contributed by atoms with E-state index >= 15 is 0 Å². The quantitative estimate of drug-likeness (QED) is 0.831. The molecule has 0 bridgehead atoms. The molecule has 1 N–H and O–H groups in total. The fourth-order valence-electron chi connectivity index (χ4n) is 2.17. The van der Waals surface area contributed by atoms with Crippen LogP contribution in [0.1, 0.15) is 12.0 Å². The molecule has 5 heteroatoms. The Morgan fingerprint density at radius 1 is 1.32 bits per heavy atom. The van der Waals surface area contributed by atoms with Crippen LogP contribution in [0.15, 0.2) is 18.2 Å². The predicted molar refractivity (Wildman–Crippen MR) is 70.6 cm³/mol. The molecular formula is C14H19NO4. The third kappa shape index (κ3) is 3.17. The van der Waals surface area contributed by atoms with Crippen LogP contribution >= 0.6 is 0 Å². The van der Waals surface area contributed by atoms with E-state index in [1.165, 1.54) is 7.11 Å². The van der Waals surface area contributed by atoms with E-state index in [0.717, 1.165) is 5.56 Å². The predicted octanol–water partition coefficient (Wildman–Crippen LogP) is 1.29. The Labute approximate surface area is 112 Å². The van der Waals surface area contributed by atoms with Crippen molar-refractivity contribution in [3.63, 3.8) is 0 Å². The Morgan fingerprint density at radius 3 is 2.79 bits per heavy atom. The Balaban J connectivity index is 2.01. The number of carbonyl (C=O) groups excluding carboxylic acids is 1. The van der Waals surface area contributed by atoms with Crippen molar-refractivity contribution in [2.24, 2.45) is 0 Å². The van der Waals surface area contributed by atoms with Crippen molar-refractivity contribution in [3.8, 4) is 11.5 Å². The molecule has 2 atom stereocenters. The van der Waals surface area contributed by atoms with Gasteiger partial charge >= 0.3 is 5.97 Å². The van der Waals surface area contributed by atoms with Crippen LogP contribution in [0.4, 0.5) is 0 Å². The third-order valence-corrected chi connectivity index (χ3v) is 3.19. The molecule has 104 valence electrons. The highest BCUT2D eigenvalue weighted by atomic mass is 16.5. The summed E-state index contributed by atoms with van der Waals surface area (Å²) in [6, 6.07) is 5.50. The summed E-state index contributed by atoms with van der Waals surface area (Å²) in [6.45, 7) is 2.62. The van der Waals surface area contributed by atoms with E-state index < -0.39 is 0 Å². The van der Waals surface area contributed by atoms with Crippen molar-refractivity contribution in [2.75, 3.05) is 20.8 Å². The number of hydrogen-bond donors (Lipinski definition) is 1. The van der Waals surface area contributed by atoms with Gasteiger partial charge in [0.1, 0.15) is 12.1 Å². The number of rotatable bonds is 4. The summed E-state index contributed by atoms with van der Waals surface area (Å²) in [7, 11) is 3.01. The second-order valence-electron chi connectivity index (χ2n) is 4.61. The Hall–Kier alpha value is -1.75. The van der Waals surface area contributed by atoms with E-state index in [4.69, 9.17) is 14.2 Å². The van der Waals surface area contributed by atoms with Gasteiger partial charge in [0.25, 0.3) is 0 Å². The second-order valence-corrected chi connectivity index (χ2v) is 4.61. The molecule has 0 unspecified atom stereocenters. The summed E-state index contributed by atoms with van der Waals surface area (Å²) >= 11 is 0. The maximum absolute atomic E-state index is 11.4. The minimum absolute atomic E-state index is 0.0549. The van der Waals surface area contributed by atoms with Crippen molar-refractivity contribution in [2.45, 2.75) is 25.5 Å². The summed E-state index contributed by atoms with van der Waals surface area (Å²) in [4.78, 5) is 11.4. The second kappa shape index (κ2) is 5.93. The van der Waals surface area contributed by atoms with Crippen LogP contribution in [-0.4, -0.2) is 38.9 Å². The topological polar surface area (TPSA) is 56.8 Å². The normalized spacial score (nSPS) is 22.1. The van der Waals surface area contributed by atoms with Crippen molar-refractivity contribution < 1.29 is 19.0 Å². The lowest BCUT2D eigenvalue weighted by Gasteiger charge is -2.16. The van der Waals surface area contributed by atoms with Crippen LogP contribution in [0.3, 0.4) is 0 Å². The molecule has 1 saturated heterocycles. The molecule has 0 saturated carbocycles. The minimum Gasteiger partial charge on any atom is -0.493 e. The van der Waals surface area contributed by atoms with Gasteiger partial charge in [0, 0.05) is 13.0 Å². The molecule has 5 nitrogen and oxygen atoms in total. The first-order chi connectivity index (χ1) is 9.13. The van der Waals surface area contributed by atoms with E-state index in [9.17, 15) is 4.79 Å². The SMILES string of the molecule is COC(=O)[C@@H]1C[C@H](Oc2ccc(C)cc2OC)CN1. The molecule has 1 heterocycles. The maximum Gasteiger partial charge on any atom is 0.323 e. The van der Waals surface area contributed by atoms with Crippen LogP contribution in [0.5, 0.6) is 11.5 Å². The average molecular weight is 265 g/mol. The van der Waals surface area contributed by atoms with Crippen LogP contribution < -0.4 is 14.8 Å². The fraction of sp³-hybridized carbons (Fsp3) is 0.500. The zero-order chi connectivity index (χ0) is 13.8. The number of hydrogen-bond acceptors (Lipinski definition) is 5. The Bertz CT molecular complexity index is 461.